The summed E-state index contributed by atoms with van der Waals surface area (Å²) in [5.74, 6) is 1.69. The van der Waals surface area contributed by atoms with Crippen molar-refractivity contribution in [2.45, 2.75) is 25.4 Å². The van der Waals surface area contributed by atoms with Crippen molar-refractivity contribution in [3.63, 3.8) is 0 Å². The second-order valence-electron chi connectivity index (χ2n) is 7.13. The van der Waals surface area contributed by atoms with E-state index in [-0.39, 0.29) is 6.04 Å². The Bertz CT molecular complexity index is 793. The molecule has 5 heteroatoms. The van der Waals surface area contributed by atoms with E-state index in [4.69, 9.17) is 9.47 Å². The summed E-state index contributed by atoms with van der Waals surface area (Å²) < 4.78 is 11.6. The van der Waals surface area contributed by atoms with Crippen LogP contribution < -0.4 is 14.8 Å². The Kier molecular flexibility index (Phi) is 4.55. The zero-order valence-corrected chi connectivity index (χ0v) is 15.1. The fourth-order valence-corrected chi connectivity index (χ4v) is 4.01. The monoisotopic (exact) mass is 352 g/mol. The predicted octanol–water partition coefficient (Wildman–Crippen LogP) is 3.92. The highest BCUT2D eigenvalue weighted by molar-refractivity contribution is 5.72. The number of nitrogens with one attached hydrogen (secondary N) is 1. The Balaban J connectivity index is 1.50. The molecule has 0 spiro atoms. The third kappa shape index (κ3) is 3.15. The summed E-state index contributed by atoms with van der Waals surface area (Å²) in [5, 5.41) is 2.88. The summed E-state index contributed by atoms with van der Waals surface area (Å²) in [5.41, 5.74) is 2.15. The normalized spacial score (nSPS) is 22.7. The van der Waals surface area contributed by atoms with E-state index in [0.717, 1.165) is 24.1 Å². The van der Waals surface area contributed by atoms with Gasteiger partial charge >= 0.3 is 6.09 Å². The number of fused-ring (bicyclic) bond motifs is 3. The van der Waals surface area contributed by atoms with Crippen molar-refractivity contribution in [2.75, 3.05) is 20.2 Å². The molecule has 2 aliphatic rings. The highest BCUT2D eigenvalue weighted by Gasteiger charge is 2.39. The predicted molar refractivity (Wildman–Crippen MR) is 99.4 cm³/mol. The van der Waals surface area contributed by atoms with Gasteiger partial charge in [0.1, 0.15) is 0 Å². The summed E-state index contributed by atoms with van der Waals surface area (Å²) in [6, 6.07) is 15.8. The zero-order valence-electron chi connectivity index (χ0n) is 15.1. The molecule has 1 amide bonds. The lowest BCUT2D eigenvalue weighted by Gasteiger charge is -2.32. The number of carbonyl (C=O) groups is 1. The van der Waals surface area contributed by atoms with Crippen LogP contribution in [-0.4, -0.2) is 31.2 Å². The van der Waals surface area contributed by atoms with Crippen LogP contribution in [0.1, 0.15) is 36.6 Å². The second-order valence-corrected chi connectivity index (χ2v) is 7.13. The Labute approximate surface area is 153 Å². The van der Waals surface area contributed by atoms with Crippen LogP contribution in [0.2, 0.25) is 0 Å². The van der Waals surface area contributed by atoms with Crippen molar-refractivity contribution in [1.29, 1.82) is 0 Å². The fourth-order valence-electron chi connectivity index (χ4n) is 4.01. The van der Waals surface area contributed by atoms with Gasteiger partial charge in [0.25, 0.3) is 0 Å². The molecule has 0 radical (unpaired) electrons. The molecule has 2 aromatic rings. The Morgan fingerprint density at radius 2 is 2.04 bits per heavy atom. The van der Waals surface area contributed by atoms with E-state index in [1.807, 2.05) is 43.3 Å². The van der Waals surface area contributed by atoms with E-state index >= 15 is 0 Å². The molecule has 136 valence electrons. The summed E-state index contributed by atoms with van der Waals surface area (Å²) in [6.45, 7) is 3.67. The average molecular weight is 352 g/mol. The number of ether oxygens (including phenoxy) is 2. The molecule has 1 saturated heterocycles. The van der Waals surface area contributed by atoms with Gasteiger partial charge in [-0.2, -0.15) is 0 Å². The van der Waals surface area contributed by atoms with E-state index in [9.17, 15) is 4.79 Å². The number of nitrogens with zero attached hydrogens (tertiary/aromatic N) is 1. The molecule has 0 saturated carbocycles. The minimum atomic E-state index is -0.472. The van der Waals surface area contributed by atoms with Gasteiger partial charge < -0.3 is 14.8 Å². The third-order valence-electron chi connectivity index (χ3n) is 5.38. The summed E-state index contributed by atoms with van der Waals surface area (Å²) in [4.78, 5) is 14.7. The SMILES string of the molecule is CC(NC(=O)Oc1cccc2c1OC[C@@H]1CCN(C)[C@H]21)c1ccccc1. The van der Waals surface area contributed by atoms with Crippen LogP contribution in [0.15, 0.2) is 48.5 Å². The van der Waals surface area contributed by atoms with Crippen molar-refractivity contribution in [3.05, 3.63) is 59.7 Å². The molecule has 2 heterocycles. The number of amides is 1. The highest BCUT2D eigenvalue weighted by Crippen LogP contribution is 2.47. The third-order valence-corrected chi connectivity index (χ3v) is 5.38. The van der Waals surface area contributed by atoms with Gasteiger partial charge in [-0.05, 0) is 38.6 Å². The number of benzene rings is 2. The molecule has 26 heavy (non-hydrogen) atoms. The molecule has 2 aliphatic heterocycles. The van der Waals surface area contributed by atoms with Crippen LogP contribution in [0.5, 0.6) is 11.5 Å². The van der Waals surface area contributed by atoms with Gasteiger partial charge in [0, 0.05) is 17.5 Å². The van der Waals surface area contributed by atoms with Crippen molar-refractivity contribution in [2.24, 2.45) is 5.92 Å². The van der Waals surface area contributed by atoms with Crippen LogP contribution >= 0.6 is 0 Å². The Morgan fingerprint density at radius 1 is 1.23 bits per heavy atom. The molecule has 1 unspecified atom stereocenters. The van der Waals surface area contributed by atoms with Gasteiger partial charge in [-0.25, -0.2) is 4.79 Å². The Hall–Kier alpha value is -2.53. The van der Waals surface area contributed by atoms with Crippen molar-refractivity contribution >= 4 is 6.09 Å². The van der Waals surface area contributed by atoms with Crippen LogP contribution in [0.4, 0.5) is 4.79 Å². The molecule has 1 N–H and O–H groups in total. The van der Waals surface area contributed by atoms with E-state index in [1.54, 1.807) is 6.07 Å². The van der Waals surface area contributed by atoms with Crippen molar-refractivity contribution in [1.82, 2.24) is 10.2 Å². The van der Waals surface area contributed by atoms with E-state index in [1.165, 1.54) is 0 Å². The number of hydrogen-bond acceptors (Lipinski definition) is 4. The Morgan fingerprint density at radius 3 is 2.85 bits per heavy atom. The number of likely N-dealkylation sites (tertiary alicyclic amines) is 1. The van der Waals surface area contributed by atoms with Crippen LogP contribution in [0.25, 0.3) is 0 Å². The maximum absolute atomic E-state index is 12.4. The van der Waals surface area contributed by atoms with Crippen molar-refractivity contribution in [3.8, 4) is 11.5 Å². The minimum Gasteiger partial charge on any atom is -0.489 e. The average Bonchev–Trinajstić information content (AvgIpc) is 3.04. The highest BCUT2D eigenvalue weighted by atomic mass is 16.6. The first-order valence-electron chi connectivity index (χ1n) is 9.12. The van der Waals surface area contributed by atoms with Gasteiger partial charge in [-0.15, -0.1) is 0 Å². The number of para-hydroxylation sites is 1. The van der Waals surface area contributed by atoms with E-state index < -0.39 is 6.09 Å². The summed E-state index contributed by atoms with van der Waals surface area (Å²) in [7, 11) is 2.14. The fraction of sp³-hybridized carbons (Fsp3) is 0.381. The van der Waals surface area contributed by atoms with Gasteiger partial charge in [-0.1, -0.05) is 42.5 Å². The molecule has 0 bridgehead atoms. The largest absolute Gasteiger partial charge is 0.489 e. The topological polar surface area (TPSA) is 50.8 Å². The number of carbonyl (C=O) groups excluding carboxylic acids is 1. The first-order valence-corrected chi connectivity index (χ1v) is 9.12. The maximum atomic E-state index is 12.4. The van der Waals surface area contributed by atoms with Gasteiger partial charge in [0.2, 0.25) is 0 Å². The van der Waals surface area contributed by atoms with Crippen LogP contribution in [0, 0.1) is 5.92 Å². The van der Waals surface area contributed by atoms with E-state index in [0.29, 0.717) is 30.1 Å². The lowest BCUT2D eigenvalue weighted by Crippen LogP contribution is -2.31. The smallest absolute Gasteiger partial charge is 0.413 e. The number of hydrogen-bond donors (Lipinski definition) is 1. The lowest BCUT2D eigenvalue weighted by atomic mass is 9.91. The first kappa shape index (κ1) is 16.9. The molecule has 3 atom stereocenters. The first-order chi connectivity index (χ1) is 12.6. The zero-order chi connectivity index (χ0) is 18.1. The molecule has 1 fully saturated rings. The van der Waals surface area contributed by atoms with Crippen LogP contribution in [0.3, 0.4) is 0 Å². The summed E-state index contributed by atoms with van der Waals surface area (Å²) in [6.07, 6.45) is 0.668. The van der Waals surface area contributed by atoms with Gasteiger partial charge in [-0.3, -0.25) is 4.90 Å². The van der Waals surface area contributed by atoms with E-state index in [2.05, 4.69) is 23.3 Å². The van der Waals surface area contributed by atoms with Gasteiger partial charge in [0.05, 0.1) is 12.6 Å². The minimum absolute atomic E-state index is 0.130. The maximum Gasteiger partial charge on any atom is 0.413 e. The molecule has 0 aromatic heterocycles. The van der Waals surface area contributed by atoms with Crippen molar-refractivity contribution < 1.29 is 14.3 Å². The molecular formula is C21H24N2O3. The standard InChI is InChI=1S/C21H24N2O3/c1-14(15-7-4-3-5-8-15)22-21(24)26-18-10-6-9-17-19-16(11-12-23(19)2)13-25-20(17)18/h3-10,14,16,19H,11-13H2,1-2H3,(H,22,24)/t14?,16-,19-/m0/s1. The molecule has 2 aromatic carbocycles. The lowest BCUT2D eigenvalue weighted by molar-refractivity contribution is 0.155. The molecule has 5 nitrogen and oxygen atoms in total. The summed E-state index contributed by atoms with van der Waals surface area (Å²) >= 11 is 0. The second kappa shape index (κ2) is 7.00. The van der Waals surface area contributed by atoms with Gasteiger partial charge in [0.15, 0.2) is 11.5 Å². The molecule has 4 rings (SSSR count). The van der Waals surface area contributed by atoms with Crippen LogP contribution in [-0.2, 0) is 0 Å². The number of rotatable bonds is 3. The molecular weight excluding hydrogens is 328 g/mol. The molecule has 0 aliphatic carbocycles. The quantitative estimate of drug-likeness (QED) is 0.910.